The Kier molecular flexibility index (Phi) is 6.52. The first-order valence-electron chi connectivity index (χ1n) is 9.16. The van der Waals surface area contributed by atoms with E-state index in [0.29, 0.717) is 13.2 Å². The predicted molar refractivity (Wildman–Crippen MR) is 92.4 cm³/mol. The van der Waals surface area contributed by atoms with Crippen LogP contribution in [0, 0.1) is 11.8 Å². The van der Waals surface area contributed by atoms with Crippen LogP contribution in [0.15, 0.2) is 0 Å². The molecule has 8 nitrogen and oxygen atoms in total. The molecule has 2 bridgehead atoms. The quantitative estimate of drug-likeness (QED) is 0.709. The number of aliphatic hydroxyl groups is 2. The number of carbonyl (C=O) groups is 2. The highest BCUT2D eigenvalue weighted by molar-refractivity contribution is 5.71. The van der Waals surface area contributed by atoms with E-state index in [1.54, 1.807) is 32.6 Å². The summed E-state index contributed by atoms with van der Waals surface area (Å²) in [4.78, 5) is 26.0. The topological polar surface area (TPSA) is 106 Å². The Balaban J connectivity index is 2.18. The number of hydrogen-bond acceptors (Lipinski definition) is 7. The third-order valence-electron chi connectivity index (χ3n) is 4.67. The van der Waals surface area contributed by atoms with Crippen LogP contribution >= 0.6 is 0 Å². The van der Waals surface area contributed by atoms with Gasteiger partial charge in [0.15, 0.2) is 0 Å². The molecular weight excluding hydrogens is 342 g/mol. The fourth-order valence-electron chi connectivity index (χ4n) is 3.65. The summed E-state index contributed by atoms with van der Waals surface area (Å²) in [7, 11) is 0. The molecule has 2 N–H and O–H groups in total. The van der Waals surface area contributed by atoms with Gasteiger partial charge in [-0.2, -0.15) is 0 Å². The van der Waals surface area contributed by atoms with Crippen molar-refractivity contribution >= 4 is 12.1 Å². The molecule has 0 aromatic carbocycles. The highest BCUT2D eigenvalue weighted by Crippen LogP contribution is 2.35. The van der Waals surface area contributed by atoms with Gasteiger partial charge < -0.3 is 29.3 Å². The maximum Gasteiger partial charge on any atom is 0.410 e. The molecule has 3 saturated heterocycles. The van der Waals surface area contributed by atoms with Crippen LogP contribution in [0.5, 0.6) is 0 Å². The zero-order valence-corrected chi connectivity index (χ0v) is 16.1. The summed E-state index contributed by atoms with van der Waals surface area (Å²) in [6.45, 7) is 8.37. The van der Waals surface area contributed by atoms with Gasteiger partial charge in [0, 0.05) is 24.9 Å². The fourth-order valence-corrected chi connectivity index (χ4v) is 3.65. The molecule has 3 fully saturated rings. The molecule has 150 valence electrons. The molecule has 26 heavy (non-hydrogen) atoms. The standard InChI is InChI=1S/C18H31NO7/c1-5-25-14(20)7-18(23)6-12-8-19(16(22)26-17(2,3)4)9-13(15(18)21)11-24-10-12/h12-13,15,21,23H,5-11H2,1-4H3. The summed E-state index contributed by atoms with van der Waals surface area (Å²) in [5.41, 5.74) is -2.21. The van der Waals surface area contributed by atoms with Crippen molar-refractivity contribution in [3.8, 4) is 0 Å². The van der Waals surface area contributed by atoms with Crippen LogP contribution in [0.2, 0.25) is 0 Å². The lowest BCUT2D eigenvalue weighted by atomic mass is 9.76. The lowest BCUT2D eigenvalue weighted by molar-refractivity contribution is -0.179. The highest BCUT2D eigenvalue weighted by Gasteiger charge is 2.48. The SMILES string of the molecule is CCOC(=O)CC1(O)CC2COCC(CN(C(=O)OC(C)(C)C)C2)C1O. The van der Waals surface area contributed by atoms with Gasteiger partial charge >= 0.3 is 12.1 Å². The molecule has 3 rings (SSSR count). The Labute approximate surface area is 154 Å². The number of rotatable bonds is 3. The first kappa shape index (κ1) is 20.9. The average molecular weight is 373 g/mol. The van der Waals surface area contributed by atoms with Crippen molar-refractivity contribution in [1.82, 2.24) is 4.90 Å². The molecule has 0 spiro atoms. The fraction of sp³-hybridized carbons (Fsp3) is 0.889. The van der Waals surface area contributed by atoms with E-state index in [4.69, 9.17) is 14.2 Å². The van der Waals surface area contributed by atoms with E-state index in [2.05, 4.69) is 0 Å². The maximum absolute atomic E-state index is 12.5. The zero-order chi connectivity index (χ0) is 19.5. The molecule has 0 saturated carbocycles. The lowest BCUT2D eigenvalue weighted by Gasteiger charge is -2.46. The van der Waals surface area contributed by atoms with Crippen LogP contribution < -0.4 is 0 Å². The summed E-state index contributed by atoms with van der Waals surface area (Å²) in [5.74, 6) is -1.29. The van der Waals surface area contributed by atoms with Crippen LogP contribution in [0.25, 0.3) is 0 Å². The van der Waals surface area contributed by atoms with Gasteiger partial charge in [0.2, 0.25) is 0 Å². The molecule has 3 aliphatic rings. The van der Waals surface area contributed by atoms with Crippen LogP contribution in [-0.4, -0.2) is 77.4 Å². The molecular formula is C18H31NO7. The smallest absolute Gasteiger partial charge is 0.410 e. The Morgan fingerprint density at radius 3 is 2.58 bits per heavy atom. The number of aliphatic hydroxyl groups excluding tert-OH is 1. The summed E-state index contributed by atoms with van der Waals surface area (Å²) in [5, 5.41) is 21.8. The molecule has 0 aliphatic carbocycles. The summed E-state index contributed by atoms with van der Waals surface area (Å²) >= 11 is 0. The van der Waals surface area contributed by atoms with Gasteiger partial charge in [-0.25, -0.2) is 4.79 Å². The number of hydrogen-bond donors (Lipinski definition) is 2. The van der Waals surface area contributed by atoms with E-state index in [-0.39, 0.29) is 38.5 Å². The van der Waals surface area contributed by atoms with Gasteiger partial charge in [0.25, 0.3) is 0 Å². The van der Waals surface area contributed by atoms with Crippen molar-refractivity contribution in [2.45, 2.75) is 57.8 Å². The Hall–Kier alpha value is -1.38. The maximum atomic E-state index is 12.5. The summed E-state index contributed by atoms with van der Waals surface area (Å²) in [6.07, 6.45) is -1.79. The summed E-state index contributed by atoms with van der Waals surface area (Å²) in [6, 6.07) is 0. The number of esters is 1. The van der Waals surface area contributed by atoms with E-state index < -0.39 is 35.3 Å². The van der Waals surface area contributed by atoms with Crippen LogP contribution in [-0.2, 0) is 19.0 Å². The van der Waals surface area contributed by atoms with Crippen molar-refractivity contribution in [2.75, 3.05) is 32.9 Å². The van der Waals surface area contributed by atoms with Crippen molar-refractivity contribution in [2.24, 2.45) is 11.8 Å². The second kappa shape index (κ2) is 8.10. The molecule has 1 amide bonds. The van der Waals surface area contributed by atoms with Crippen molar-refractivity contribution in [1.29, 1.82) is 0 Å². The Morgan fingerprint density at radius 1 is 1.27 bits per heavy atom. The van der Waals surface area contributed by atoms with E-state index in [1.807, 2.05) is 0 Å². The molecule has 3 heterocycles. The molecule has 3 aliphatic heterocycles. The number of nitrogens with zero attached hydrogens (tertiary/aromatic N) is 1. The van der Waals surface area contributed by atoms with Gasteiger partial charge in [-0.3, -0.25) is 4.79 Å². The van der Waals surface area contributed by atoms with Gasteiger partial charge in [-0.15, -0.1) is 0 Å². The minimum absolute atomic E-state index is 0.142. The predicted octanol–water partition coefficient (Wildman–Crippen LogP) is 0.935. The second-order valence-corrected chi connectivity index (χ2v) is 8.28. The van der Waals surface area contributed by atoms with Gasteiger partial charge in [0.05, 0.1) is 32.3 Å². The third-order valence-corrected chi connectivity index (χ3v) is 4.67. The third kappa shape index (κ3) is 5.31. The largest absolute Gasteiger partial charge is 0.466 e. The van der Waals surface area contributed by atoms with E-state index in [0.717, 1.165) is 0 Å². The van der Waals surface area contributed by atoms with Crippen LogP contribution in [0.3, 0.4) is 0 Å². The molecule has 4 atom stereocenters. The monoisotopic (exact) mass is 373 g/mol. The Bertz CT molecular complexity index is 518. The lowest BCUT2D eigenvalue weighted by Crippen LogP contribution is -2.59. The van der Waals surface area contributed by atoms with Crippen molar-refractivity contribution in [3.05, 3.63) is 0 Å². The normalized spacial score (nSPS) is 32.4. The van der Waals surface area contributed by atoms with E-state index in [1.165, 1.54) is 0 Å². The first-order valence-corrected chi connectivity index (χ1v) is 9.16. The van der Waals surface area contributed by atoms with E-state index >= 15 is 0 Å². The van der Waals surface area contributed by atoms with Gasteiger partial charge in [-0.1, -0.05) is 0 Å². The van der Waals surface area contributed by atoms with Gasteiger partial charge in [-0.05, 0) is 34.1 Å². The van der Waals surface area contributed by atoms with Crippen molar-refractivity contribution < 1.29 is 34.0 Å². The van der Waals surface area contributed by atoms with Crippen molar-refractivity contribution in [3.63, 3.8) is 0 Å². The first-order chi connectivity index (χ1) is 12.0. The minimum Gasteiger partial charge on any atom is -0.466 e. The molecule has 0 aromatic heterocycles. The van der Waals surface area contributed by atoms with Crippen LogP contribution in [0.4, 0.5) is 4.79 Å². The van der Waals surface area contributed by atoms with Gasteiger partial charge in [0.1, 0.15) is 11.2 Å². The molecule has 8 heteroatoms. The van der Waals surface area contributed by atoms with E-state index in [9.17, 15) is 19.8 Å². The van der Waals surface area contributed by atoms with Crippen LogP contribution in [0.1, 0.15) is 40.5 Å². The summed E-state index contributed by atoms with van der Waals surface area (Å²) < 4.78 is 16.0. The number of ether oxygens (including phenoxy) is 3. The number of fused-ring (bicyclic) bond motifs is 6. The minimum atomic E-state index is -1.59. The molecule has 0 radical (unpaired) electrons. The molecule has 4 unspecified atom stereocenters. The Morgan fingerprint density at radius 2 is 1.96 bits per heavy atom. The number of amides is 1. The zero-order valence-electron chi connectivity index (χ0n) is 16.1. The highest BCUT2D eigenvalue weighted by atomic mass is 16.6. The second-order valence-electron chi connectivity index (χ2n) is 8.28. The average Bonchev–Trinajstić information content (AvgIpc) is 2.46. The molecule has 0 aromatic rings. The number of carbonyl (C=O) groups excluding carboxylic acids is 2.